The Hall–Kier alpha value is -1.09. The Morgan fingerprint density at radius 2 is 2.09 bits per heavy atom. The molecule has 0 atom stereocenters. The minimum atomic E-state index is -1.07. The molecule has 3 heteroatoms. The van der Waals surface area contributed by atoms with Crippen molar-refractivity contribution in [1.29, 1.82) is 0 Å². The molecule has 0 radical (unpaired) electrons. The first-order valence-corrected chi connectivity index (χ1v) is 3.43. The maximum Gasteiger partial charge on any atom is 0.223 e. The van der Waals surface area contributed by atoms with Gasteiger partial charge in [0.05, 0.1) is 0 Å². The maximum absolute atomic E-state index is 11.0. The Bertz CT molecular complexity index is 253. The standard InChI is InChI=1S/C8H11NO2/c1-8(2,10)7-5-3-4-6-9(7)11/h3-6,10H,1-2H3. The lowest BCUT2D eigenvalue weighted by atomic mass is 10.1. The van der Waals surface area contributed by atoms with Crippen LogP contribution in [0.4, 0.5) is 0 Å². The summed E-state index contributed by atoms with van der Waals surface area (Å²) < 4.78 is 0.667. The quantitative estimate of drug-likeness (QED) is 0.473. The van der Waals surface area contributed by atoms with Crippen molar-refractivity contribution >= 4 is 0 Å². The van der Waals surface area contributed by atoms with Crippen LogP contribution in [-0.2, 0) is 5.60 Å². The third-order valence-corrected chi connectivity index (χ3v) is 1.45. The molecular weight excluding hydrogens is 142 g/mol. The fourth-order valence-corrected chi connectivity index (χ4v) is 0.902. The van der Waals surface area contributed by atoms with Crippen molar-refractivity contribution in [1.82, 2.24) is 0 Å². The summed E-state index contributed by atoms with van der Waals surface area (Å²) in [6.45, 7) is 3.16. The number of aromatic nitrogens is 1. The zero-order valence-corrected chi connectivity index (χ0v) is 6.61. The largest absolute Gasteiger partial charge is 0.618 e. The molecule has 0 fully saturated rings. The van der Waals surface area contributed by atoms with Gasteiger partial charge in [-0.1, -0.05) is 0 Å². The fraction of sp³-hybridized carbons (Fsp3) is 0.375. The summed E-state index contributed by atoms with van der Waals surface area (Å²) in [5.74, 6) is 0. The highest BCUT2D eigenvalue weighted by molar-refractivity contribution is 5.04. The summed E-state index contributed by atoms with van der Waals surface area (Å²) >= 11 is 0. The first-order valence-electron chi connectivity index (χ1n) is 3.43. The van der Waals surface area contributed by atoms with Gasteiger partial charge < -0.3 is 10.3 Å². The maximum atomic E-state index is 11.0. The van der Waals surface area contributed by atoms with Gasteiger partial charge in [0.2, 0.25) is 5.69 Å². The second-order valence-electron chi connectivity index (χ2n) is 2.97. The van der Waals surface area contributed by atoms with Crippen LogP contribution in [0.2, 0.25) is 0 Å². The van der Waals surface area contributed by atoms with Gasteiger partial charge in [-0.05, 0) is 19.9 Å². The molecule has 3 nitrogen and oxygen atoms in total. The molecule has 0 amide bonds. The van der Waals surface area contributed by atoms with Crippen LogP contribution in [0.3, 0.4) is 0 Å². The van der Waals surface area contributed by atoms with Crippen molar-refractivity contribution in [2.24, 2.45) is 0 Å². The van der Waals surface area contributed by atoms with Gasteiger partial charge in [0, 0.05) is 12.1 Å². The molecule has 0 spiro atoms. The van der Waals surface area contributed by atoms with E-state index in [2.05, 4.69) is 0 Å². The Morgan fingerprint density at radius 1 is 1.45 bits per heavy atom. The molecule has 1 aromatic heterocycles. The van der Waals surface area contributed by atoms with Crippen LogP contribution in [0.1, 0.15) is 19.5 Å². The van der Waals surface area contributed by atoms with Crippen LogP contribution < -0.4 is 4.73 Å². The number of hydrogen-bond donors (Lipinski definition) is 1. The fourth-order valence-electron chi connectivity index (χ4n) is 0.902. The lowest BCUT2D eigenvalue weighted by molar-refractivity contribution is -0.622. The van der Waals surface area contributed by atoms with E-state index < -0.39 is 5.60 Å². The van der Waals surface area contributed by atoms with Crippen molar-refractivity contribution in [2.45, 2.75) is 19.4 Å². The highest BCUT2D eigenvalue weighted by Gasteiger charge is 2.24. The molecule has 60 valence electrons. The predicted molar refractivity (Wildman–Crippen MR) is 40.6 cm³/mol. The second kappa shape index (κ2) is 2.51. The molecule has 11 heavy (non-hydrogen) atoms. The van der Waals surface area contributed by atoms with E-state index in [1.807, 2.05) is 0 Å². The lowest BCUT2D eigenvalue weighted by Crippen LogP contribution is -2.38. The SMILES string of the molecule is CC(C)(O)c1cccc[n+]1[O-]. The molecule has 0 unspecified atom stereocenters. The van der Waals surface area contributed by atoms with E-state index in [1.54, 1.807) is 32.0 Å². The van der Waals surface area contributed by atoms with Crippen molar-refractivity contribution in [3.05, 3.63) is 35.3 Å². The summed E-state index contributed by atoms with van der Waals surface area (Å²) in [5.41, 5.74) is -0.705. The van der Waals surface area contributed by atoms with Gasteiger partial charge >= 0.3 is 0 Å². The summed E-state index contributed by atoms with van der Waals surface area (Å²) in [6, 6.07) is 4.96. The lowest BCUT2D eigenvalue weighted by Gasteiger charge is -2.15. The Morgan fingerprint density at radius 3 is 2.45 bits per heavy atom. The summed E-state index contributed by atoms with van der Waals surface area (Å²) in [6.07, 6.45) is 1.37. The van der Waals surface area contributed by atoms with Gasteiger partial charge in [0.1, 0.15) is 5.60 Å². The van der Waals surface area contributed by atoms with E-state index in [9.17, 15) is 10.3 Å². The average molecular weight is 153 g/mol. The minimum Gasteiger partial charge on any atom is -0.618 e. The number of rotatable bonds is 1. The van der Waals surface area contributed by atoms with E-state index in [-0.39, 0.29) is 0 Å². The predicted octanol–water partition coefficient (Wildman–Crippen LogP) is 0.547. The molecule has 0 saturated heterocycles. The minimum absolute atomic E-state index is 0.361. The van der Waals surface area contributed by atoms with E-state index >= 15 is 0 Å². The Labute approximate surface area is 65.5 Å². The Balaban J connectivity index is 3.14. The molecule has 0 aromatic carbocycles. The number of pyridine rings is 1. The van der Waals surface area contributed by atoms with Crippen LogP contribution in [0.25, 0.3) is 0 Å². The van der Waals surface area contributed by atoms with E-state index in [1.165, 1.54) is 6.20 Å². The van der Waals surface area contributed by atoms with Crippen LogP contribution in [0.5, 0.6) is 0 Å². The summed E-state index contributed by atoms with van der Waals surface area (Å²) in [7, 11) is 0. The van der Waals surface area contributed by atoms with Crippen LogP contribution in [-0.4, -0.2) is 5.11 Å². The van der Waals surface area contributed by atoms with E-state index in [0.717, 1.165) is 0 Å². The van der Waals surface area contributed by atoms with Crippen LogP contribution in [0, 0.1) is 5.21 Å². The molecule has 1 aromatic rings. The van der Waals surface area contributed by atoms with Gasteiger partial charge in [-0.25, -0.2) is 0 Å². The molecule has 0 aliphatic rings. The topological polar surface area (TPSA) is 47.2 Å². The van der Waals surface area contributed by atoms with Gasteiger partial charge in [0.25, 0.3) is 0 Å². The number of aliphatic hydroxyl groups is 1. The van der Waals surface area contributed by atoms with E-state index in [0.29, 0.717) is 10.4 Å². The van der Waals surface area contributed by atoms with Gasteiger partial charge in [-0.3, -0.25) is 0 Å². The van der Waals surface area contributed by atoms with Crippen LogP contribution >= 0.6 is 0 Å². The third-order valence-electron chi connectivity index (χ3n) is 1.45. The Kier molecular flexibility index (Phi) is 1.83. The van der Waals surface area contributed by atoms with Crippen molar-refractivity contribution < 1.29 is 9.84 Å². The molecule has 1 N–H and O–H groups in total. The summed E-state index contributed by atoms with van der Waals surface area (Å²) in [5, 5.41) is 20.5. The van der Waals surface area contributed by atoms with Crippen molar-refractivity contribution in [3.63, 3.8) is 0 Å². The van der Waals surface area contributed by atoms with E-state index in [4.69, 9.17) is 0 Å². The normalized spacial score (nSPS) is 11.5. The average Bonchev–Trinajstić information content (AvgIpc) is 1.86. The first kappa shape index (κ1) is 8.01. The molecule has 0 aliphatic heterocycles. The second-order valence-corrected chi connectivity index (χ2v) is 2.97. The zero-order valence-electron chi connectivity index (χ0n) is 6.61. The van der Waals surface area contributed by atoms with Gasteiger partial charge in [0.15, 0.2) is 6.20 Å². The van der Waals surface area contributed by atoms with Crippen molar-refractivity contribution in [3.8, 4) is 0 Å². The number of nitrogens with zero attached hydrogens (tertiary/aromatic N) is 1. The van der Waals surface area contributed by atoms with Gasteiger partial charge in [-0.2, -0.15) is 4.73 Å². The highest BCUT2D eigenvalue weighted by Crippen LogP contribution is 2.13. The molecule has 1 rings (SSSR count). The monoisotopic (exact) mass is 153 g/mol. The molecular formula is C8H11NO2. The summed E-state index contributed by atoms with van der Waals surface area (Å²) in [4.78, 5) is 0. The highest BCUT2D eigenvalue weighted by atomic mass is 16.5. The zero-order chi connectivity index (χ0) is 8.48. The van der Waals surface area contributed by atoms with Crippen LogP contribution in [0.15, 0.2) is 24.4 Å². The molecule has 1 heterocycles. The molecule has 0 aliphatic carbocycles. The van der Waals surface area contributed by atoms with Gasteiger partial charge in [-0.15, -0.1) is 0 Å². The smallest absolute Gasteiger partial charge is 0.223 e. The van der Waals surface area contributed by atoms with Crippen molar-refractivity contribution in [2.75, 3.05) is 0 Å². The number of hydrogen-bond acceptors (Lipinski definition) is 2. The molecule has 0 bridgehead atoms. The molecule has 0 saturated carbocycles. The first-order chi connectivity index (χ1) is 5.02. The third kappa shape index (κ3) is 1.68.